The van der Waals surface area contributed by atoms with Crippen molar-refractivity contribution >= 4 is 0 Å². The second kappa shape index (κ2) is 7.64. The Morgan fingerprint density at radius 3 is 1.58 bits per heavy atom. The second-order valence-corrected chi connectivity index (χ2v) is 4.01. The molecule has 0 heteroatoms. The molecule has 1 fully saturated rings. The molecule has 1 atom stereocenters. The summed E-state index contributed by atoms with van der Waals surface area (Å²) in [5.74, 6) is 0.991. The van der Waals surface area contributed by atoms with E-state index in [0.717, 1.165) is 5.92 Å². The summed E-state index contributed by atoms with van der Waals surface area (Å²) in [6.45, 7) is 11.1. The lowest BCUT2D eigenvalue weighted by molar-refractivity contribution is 0.366. The summed E-state index contributed by atoms with van der Waals surface area (Å²) in [5, 5.41) is 0. The van der Waals surface area contributed by atoms with Crippen LogP contribution >= 0.6 is 0 Å². The largest absolute Gasteiger partial charge is 0.0776 e. The predicted octanol–water partition coefficient (Wildman–Crippen LogP) is 5.13. The summed E-state index contributed by atoms with van der Waals surface area (Å²) in [4.78, 5) is 0. The molecule has 0 aliphatic heterocycles. The minimum absolute atomic E-state index is 0. The molecule has 1 saturated carbocycles. The van der Waals surface area contributed by atoms with Crippen molar-refractivity contribution in [2.45, 2.75) is 68.7 Å². The third-order valence-corrected chi connectivity index (χ3v) is 2.21. The first-order valence-corrected chi connectivity index (χ1v) is 4.60. The van der Waals surface area contributed by atoms with Gasteiger partial charge in [0.1, 0.15) is 0 Å². The first-order valence-electron chi connectivity index (χ1n) is 4.60. The van der Waals surface area contributed by atoms with E-state index in [2.05, 4.69) is 20.8 Å². The van der Waals surface area contributed by atoms with E-state index >= 15 is 0 Å². The molecular formula is C12H30. The Morgan fingerprint density at radius 1 is 1.08 bits per heavy atom. The zero-order chi connectivity index (χ0) is 8.20. The monoisotopic (exact) mass is 174 g/mol. The van der Waals surface area contributed by atoms with Crippen molar-refractivity contribution in [2.75, 3.05) is 0 Å². The highest BCUT2D eigenvalue weighted by molar-refractivity contribution is 4.79. The Kier molecular flexibility index (Phi) is 11.4. The lowest BCUT2D eigenvalue weighted by Crippen LogP contribution is -2.03. The standard InChI is InChI=1S/C8H16.C2H6.2CH4/c1-7-4-5-8(2,3)6-7;1-2;;/h7H,4-6H2,1-3H3;1-2H3;2*1H4. The first-order chi connectivity index (χ1) is 4.60. The molecule has 0 bridgehead atoms. The Hall–Kier alpha value is 0. The van der Waals surface area contributed by atoms with Crippen molar-refractivity contribution in [3.8, 4) is 0 Å². The van der Waals surface area contributed by atoms with Gasteiger partial charge in [-0.15, -0.1) is 0 Å². The Balaban J connectivity index is -0.000000189. The topological polar surface area (TPSA) is 0 Å². The summed E-state index contributed by atoms with van der Waals surface area (Å²) in [7, 11) is 0. The van der Waals surface area contributed by atoms with Gasteiger partial charge in [-0.05, 0) is 24.2 Å². The summed E-state index contributed by atoms with van der Waals surface area (Å²) >= 11 is 0. The highest BCUT2D eigenvalue weighted by Crippen LogP contribution is 2.40. The van der Waals surface area contributed by atoms with Crippen LogP contribution in [0.3, 0.4) is 0 Å². The van der Waals surface area contributed by atoms with Crippen LogP contribution in [0.2, 0.25) is 0 Å². The van der Waals surface area contributed by atoms with Gasteiger partial charge in [-0.2, -0.15) is 0 Å². The fourth-order valence-corrected chi connectivity index (χ4v) is 1.78. The zero-order valence-electron chi connectivity index (χ0n) is 8.20. The number of hydrogen-bond acceptors (Lipinski definition) is 0. The van der Waals surface area contributed by atoms with Crippen LogP contribution in [0.25, 0.3) is 0 Å². The van der Waals surface area contributed by atoms with Crippen LogP contribution in [0.1, 0.15) is 68.7 Å². The van der Waals surface area contributed by atoms with E-state index in [1.165, 1.54) is 19.3 Å². The molecule has 0 aromatic rings. The summed E-state index contributed by atoms with van der Waals surface area (Å²) in [5.41, 5.74) is 0.666. The van der Waals surface area contributed by atoms with E-state index < -0.39 is 0 Å². The Labute approximate surface area is 80.8 Å². The van der Waals surface area contributed by atoms with Crippen molar-refractivity contribution < 1.29 is 0 Å². The SMILES string of the molecule is C.C.CC.CC1CCC(C)(C)C1. The molecule has 1 aliphatic carbocycles. The van der Waals surface area contributed by atoms with Crippen molar-refractivity contribution in [1.29, 1.82) is 0 Å². The molecule has 0 heterocycles. The highest BCUT2D eigenvalue weighted by Gasteiger charge is 2.27. The molecule has 78 valence electrons. The molecule has 0 nitrogen and oxygen atoms in total. The summed E-state index contributed by atoms with van der Waals surface area (Å²) in [6.07, 6.45) is 4.33. The van der Waals surface area contributed by atoms with E-state index in [-0.39, 0.29) is 14.9 Å². The van der Waals surface area contributed by atoms with E-state index in [1.807, 2.05) is 13.8 Å². The van der Waals surface area contributed by atoms with Crippen LogP contribution in [-0.4, -0.2) is 0 Å². The summed E-state index contributed by atoms with van der Waals surface area (Å²) in [6, 6.07) is 0. The van der Waals surface area contributed by atoms with E-state index in [4.69, 9.17) is 0 Å². The molecular weight excluding hydrogens is 144 g/mol. The zero-order valence-corrected chi connectivity index (χ0v) is 8.20. The number of hydrogen-bond donors (Lipinski definition) is 0. The van der Waals surface area contributed by atoms with Gasteiger partial charge in [-0.1, -0.05) is 55.9 Å². The van der Waals surface area contributed by atoms with Crippen LogP contribution in [0, 0.1) is 11.3 Å². The van der Waals surface area contributed by atoms with Crippen LogP contribution in [0.15, 0.2) is 0 Å². The van der Waals surface area contributed by atoms with Crippen LogP contribution in [-0.2, 0) is 0 Å². The molecule has 1 aliphatic rings. The maximum atomic E-state index is 2.37. The number of rotatable bonds is 0. The molecule has 0 amide bonds. The van der Waals surface area contributed by atoms with Crippen molar-refractivity contribution in [3.63, 3.8) is 0 Å². The molecule has 1 rings (SSSR count). The molecule has 0 aromatic heterocycles. The fourth-order valence-electron chi connectivity index (χ4n) is 1.78. The van der Waals surface area contributed by atoms with Gasteiger partial charge < -0.3 is 0 Å². The van der Waals surface area contributed by atoms with Gasteiger partial charge in [0.05, 0.1) is 0 Å². The van der Waals surface area contributed by atoms with E-state index in [1.54, 1.807) is 0 Å². The molecule has 0 N–H and O–H groups in total. The fraction of sp³-hybridized carbons (Fsp3) is 1.00. The average molecular weight is 174 g/mol. The van der Waals surface area contributed by atoms with Crippen molar-refractivity contribution in [1.82, 2.24) is 0 Å². The van der Waals surface area contributed by atoms with Gasteiger partial charge in [0, 0.05) is 0 Å². The maximum Gasteiger partial charge on any atom is -0.0352 e. The third-order valence-electron chi connectivity index (χ3n) is 2.21. The average Bonchev–Trinajstić information content (AvgIpc) is 2.15. The minimum atomic E-state index is 0. The van der Waals surface area contributed by atoms with Gasteiger partial charge in [0.15, 0.2) is 0 Å². The maximum absolute atomic E-state index is 2.37. The highest BCUT2D eigenvalue weighted by atomic mass is 14.3. The smallest absolute Gasteiger partial charge is 0.0352 e. The minimum Gasteiger partial charge on any atom is -0.0776 e. The summed E-state index contributed by atoms with van der Waals surface area (Å²) < 4.78 is 0. The molecule has 0 spiro atoms. The van der Waals surface area contributed by atoms with Gasteiger partial charge >= 0.3 is 0 Å². The van der Waals surface area contributed by atoms with Gasteiger partial charge in [0.25, 0.3) is 0 Å². The van der Waals surface area contributed by atoms with Gasteiger partial charge in [-0.25, -0.2) is 0 Å². The molecule has 0 radical (unpaired) electrons. The van der Waals surface area contributed by atoms with Gasteiger partial charge in [-0.3, -0.25) is 0 Å². The third kappa shape index (κ3) is 6.69. The Morgan fingerprint density at radius 2 is 1.50 bits per heavy atom. The quantitative estimate of drug-likeness (QED) is 0.477. The lowest BCUT2D eigenvalue weighted by Gasteiger charge is -2.15. The van der Waals surface area contributed by atoms with Crippen LogP contribution < -0.4 is 0 Å². The molecule has 0 aromatic carbocycles. The van der Waals surface area contributed by atoms with Crippen LogP contribution in [0.4, 0.5) is 0 Å². The normalized spacial score (nSPS) is 24.2. The van der Waals surface area contributed by atoms with Crippen LogP contribution in [0.5, 0.6) is 0 Å². The molecule has 1 unspecified atom stereocenters. The molecule has 12 heavy (non-hydrogen) atoms. The van der Waals surface area contributed by atoms with E-state index in [9.17, 15) is 0 Å². The lowest BCUT2D eigenvalue weighted by atomic mass is 9.91. The van der Waals surface area contributed by atoms with Crippen molar-refractivity contribution in [2.24, 2.45) is 11.3 Å². The van der Waals surface area contributed by atoms with E-state index in [0.29, 0.717) is 5.41 Å². The second-order valence-electron chi connectivity index (χ2n) is 4.01. The first kappa shape index (κ1) is 17.9. The predicted molar refractivity (Wildman–Crippen MR) is 61.6 cm³/mol. The molecule has 0 saturated heterocycles. The van der Waals surface area contributed by atoms with Gasteiger partial charge in [0.2, 0.25) is 0 Å². The Bertz CT molecular complexity index is 82.0. The van der Waals surface area contributed by atoms with Crippen molar-refractivity contribution in [3.05, 3.63) is 0 Å².